The Morgan fingerprint density at radius 3 is 2.48 bits per heavy atom. The van der Waals surface area contributed by atoms with Gasteiger partial charge in [-0.3, -0.25) is 24.0 Å². The van der Waals surface area contributed by atoms with Gasteiger partial charge >= 0.3 is 5.97 Å². The topological polar surface area (TPSA) is 165 Å². The molecule has 1 saturated heterocycles. The minimum Gasteiger partial charge on any atom is -0.496 e. The molecule has 0 aliphatic carbocycles. The SMILES string of the molecule is CCC(=O)OC(CC)OCC(=O)C(C[C@@H]1CCNC1=O)NC(=O)C(CC(C)C)NC(=O)c1cc2c(OC)cccc2[nH]1. The molecule has 0 spiro atoms. The summed E-state index contributed by atoms with van der Waals surface area (Å²) in [6, 6.07) is 5.07. The van der Waals surface area contributed by atoms with Crippen molar-refractivity contribution in [3.63, 3.8) is 0 Å². The fourth-order valence-electron chi connectivity index (χ4n) is 4.81. The van der Waals surface area contributed by atoms with Crippen molar-refractivity contribution in [3.8, 4) is 5.75 Å². The van der Waals surface area contributed by atoms with E-state index >= 15 is 0 Å². The van der Waals surface area contributed by atoms with Crippen molar-refractivity contribution in [2.75, 3.05) is 20.3 Å². The summed E-state index contributed by atoms with van der Waals surface area (Å²) >= 11 is 0. The van der Waals surface area contributed by atoms with E-state index in [0.29, 0.717) is 37.1 Å². The zero-order chi connectivity index (χ0) is 30.8. The first-order valence-corrected chi connectivity index (χ1v) is 14.4. The van der Waals surface area contributed by atoms with Crippen molar-refractivity contribution >= 4 is 40.4 Å². The van der Waals surface area contributed by atoms with Crippen LogP contribution in [0.3, 0.4) is 0 Å². The highest BCUT2D eigenvalue weighted by atomic mass is 16.7. The molecule has 2 aromatic rings. The molecule has 3 amide bonds. The summed E-state index contributed by atoms with van der Waals surface area (Å²) in [5, 5.41) is 9.03. The Labute approximate surface area is 245 Å². The fourth-order valence-corrected chi connectivity index (χ4v) is 4.81. The Morgan fingerprint density at radius 1 is 1.10 bits per heavy atom. The van der Waals surface area contributed by atoms with Crippen molar-refractivity contribution < 1.29 is 38.2 Å². The van der Waals surface area contributed by atoms with Crippen LogP contribution in [0.4, 0.5) is 0 Å². The maximum Gasteiger partial charge on any atom is 0.307 e. The molecule has 0 radical (unpaired) electrons. The molecule has 12 nitrogen and oxygen atoms in total. The van der Waals surface area contributed by atoms with Gasteiger partial charge in [-0.05, 0) is 43.4 Å². The van der Waals surface area contributed by atoms with Gasteiger partial charge in [0, 0.05) is 36.2 Å². The molecule has 1 aliphatic rings. The van der Waals surface area contributed by atoms with Crippen LogP contribution in [0.2, 0.25) is 0 Å². The molecule has 42 heavy (non-hydrogen) atoms. The number of rotatable bonds is 16. The molecule has 4 atom stereocenters. The standard InChI is InChI=1S/C30H42N4O8/c1-6-26(36)42-27(7-2)41-16-24(35)21(14-18-11-12-31-28(18)37)33-29(38)22(13-17(3)4)34-30(39)23-15-19-20(32-23)9-8-10-25(19)40-5/h8-10,15,17-18,21-22,27,32H,6-7,11-14,16H2,1-5H3,(H,31,37)(H,33,38)(H,34,39)/t18-,21?,22?,27?/m0/s1. The second-order valence-corrected chi connectivity index (χ2v) is 10.8. The normalized spacial score (nSPS) is 16.9. The first-order valence-electron chi connectivity index (χ1n) is 14.4. The third-order valence-corrected chi connectivity index (χ3v) is 7.10. The van der Waals surface area contributed by atoms with Gasteiger partial charge in [0.05, 0.1) is 13.2 Å². The first kappa shape index (κ1) is 32.6. The number of Topliss-reactive ketones (excluding diaryl/α,β-unsaturated/α-hetero) is 1. The number of methoxy groups -OCH3 is 1. The second kappa shape index (κ2) is 15.3. The van der Waals surface area contributed by atoms with E-state index in [1.807, 2.05) is 19.9 Å². The molecule has 0 saturated carbocycles. The summed E-state index contributed by atoms with van der Waals surface area (Å²) in [5.74, 6) is -1.96. The van der Waals surface area contributed by atoms with E-state index < -0.39 is 54.5 Å². The lowest BCUT2D eigenvalue weighted by molar-refractivity contribution is -0.181. The smallest absolute Gasteiger partial charge is 0.307 e. The van der Waals surface area contributed by atoms with Crippen LogP contribution in [0.1, 0.15) is 70.3 Å². The van der Waals surface area contributed by atoms with Gasteiger partial charge in [0.1, 0.15) is 24.1 Å². The van der Waals surface area contributed by atoms with Crippen LogP contribution < -0.4 is 20.7 Å². The van der Waals surface area contributed by atoms with E-state index in [1.165, 1.54) is 0 Å². The van der Waals surface area contributed by atoms with E-state index in [2.05, 4.69) is 20.9 Å². The fraction of sp³-hybridized carbons (Fsp3) is 0.567. The molecule has 1 aromatic carbocycles. The van der Waals surface area contributed by atoms with Crippen LogP contribution in [0.15, 0.2) is 24.3 Å². The van der Waals surface area contributed by atoms with Crippen LogP contribution in [0, 0.1) is 11.8 Å². The molecule has 1 aromatic heterocycles. The minimum absolute atomic E-state index is 0.0421. The van der Waals surface area contributed by atoms with Gasteiger partial charge in [0.2, 0.25) is 18.1 Å². The highest BCUT2D eigenvalue weighted by Crippen LogP contribution is 2.26. The minimum atomic E-state index is -1.05. The zero-order valence-electron chi connectivity index (χ0n) is 24.9. The van der Waals surface area contributed by atoms with Gasteiger partial charge in [-0.1, -0.05) is 33.8 Å². The predicted molar refractivity (Wildman–Crippen MR) is 155 cm³/mol. The molecular formula is C30H42N4O8. The summed E-state index contributed by atoms with van der Waals surface area (Å²) in [6.07, 6.45) is 0.515. The highest BCUT2D eigenvalue weighted by Gasteiger charge is 2.34. The molecule has 3 unspecified atom stereocenters. The summed E-state index contributed by atoms with van der Waals surface area (Å²) in [5.41, 5.74) is 0.965. The van der Waals surface area contributed by atoms with Crippen LogP contribution in [-0.4, -0.2) is 73.1 Å². The largest absolute Gasteiger partial charge is 0.496 e. The summed E-state index contributed by atoms with van der Waals surface area (Å²) in [6.45, 7) is 7.31. The number of carbonyl (C=O) groups excluding carboxylic acids is 5. The molecule has 2 heterocycles. The first-order chi connectivity index (χ1) is 20.1. The summed E-state index contributed by atoms with van der Waals surface area (Å²) in [7, 11) is 1.54. The van der Waals surface area contributed by atoms with Gasteiger partial charge in [-0.15, -0.1) is 0 Å². The molecule has 3 rings (SSSR count). The van der Waals surface area contributed by atoms with E-state index in [0.717, 1.165) is 5.39 Å². The molecule has 12 heteroatoms. The number of fused-ring (bicyclic) bond motifs is 1. The predicted octanol–water partition coefficient (Wildman–Crippen LogP) is 2.61. The number of aromatic nitrogens is 1. The number of ketones is 1. The van der Waals surface area contributed by atoms with Crippen LogP contribution >= 0.6 is 0 Å². The average Bonchev–Trinajstić information content (AvgIpc) is 3.59. The van der Waals surface area contributed by atoms with Crippen LogP contribution in [0.25, 0.3) is 10.9 Å². The van der Waals surface area contributed by atoms with Crippen LogP contribution in [-0.2, 0) is 28.7 Å². The van der Waals surface area contributed by atoms with E-state index in [4.69, 9.17) is 14.2 Å². The molecule has 230 valence electrons. The third kappa shape index (κ3) is 8.78. The molecule has 0 bridgehead atoms. The maximum atomic E-state index is 13.5. The number of esters is 1. The van der Waals surface area contributed by atoms with Crippen molar-refractivity contribution in [2.45, 2.75) is 78.2 Å². The molecular weight excluding hydrogens is 544 g/mol. The lowest BCUT2D eigenvalue weighted by Crippen LogP contribution is -2.53. The Kier molecular flexibility index (Phi) is 11.9. The number of aromatic amines is 1. The Hall–Kier alpha value is -3.93. The Bertz CT molecular complexity index is 1270. The summed E-state index contributed by atoms with van der Waals surface area (Å²) < 4.78 is 16.1. The highest BCUT2D eigenvalue weighted by molar-refractivity contribution is 6.02. The number of amides is 3. The van der Waals surface area contributed by atoms with Crippen molar-refractivity contribution in [3.05, 3.63) is 30.0 Å². The number of H-pyrrole nitrogens is 1. The maximum absolute atomic E-state index is 13.5. The van der Waals surface area contributed by atoms with Gasteiger partial charge < -0.3 is 35.1 Å². The van der Waals surface area contributed by atoms with Crippen molar-refractivity contribution in [1.29, 1.82) is 0 Å². The van der Waals surface area contributed by atoms with Gasteiger partial charge in [0.25, 0.3) is 5.91 Å². The molecule has 1 fully saturated rings. The van der Waals surface area contributed by atoms with E-state index in [1.54, 1.807) is 39.2 Å². The number of carbonyl (C=O) groups is 5. The number of hydrogen-bond acceptors (Lipinski definition) is 8. The number of benzene rings is 1. The van der Waals surface area contributed by atoms with E-state index in [-0.39, 0.29) is 30.4 Å². The number of hydrogen-bond donors (Lipinski definition) is 4. The van der Waals surface area contributed by atoms with E-state index in [9.17, 15) is 24.0 Å². The van der Waals surface area contributed by atoms with Crippen molar-refractivity contribution in [1.82, 2.24) is 20.9 Å². The van der Waals surface area contributed by atoms with Gasteiger partial charge in [-0.25, -0.2) is 0 Å². The number of ether oxygens (including phenoxy) is 3. The molecule has 4 N–H and O–H groups in total. The lowest BCUT2D eigenvalue weighted by atomic mass is 9.95. The summed E-state index contributed by atoms with van der Waals surface area (Å²) in [4.78, 5) is 67.1. The average molecular weight is 587 g/mol. The quantitative estimate of drug-likeness (QED) is 0.172. The Balaban J connectivity index is 1.75. The third-order valence-electron chi connectivity index (χ3n) is 7.10. The second-order valence-electron chi connectivity index (χ2n) is 10.8. The van der Waals surface area contributed by atoms with Gasteiger partial charge in [0.15, 0.2) is 5.78 Å². The monoisotopic (exact) mass is 586 g/mol. The zero-order valence-corrected chi connectivity index (χ0v) is 24.9. The number of nitrogens with one attached hydrogen (secondary N) is 4. The molecule has 1 aliphatic heterocycles. The van der Waals surface area contributed by atoms with Crippen molar-refractivity contribution in [2.24, 2.45) is 11.8 Å². The van der Waals surface area contributed by atoms with Crippen LogP contribution in [0.5, 0.6) is 5.75 Å². The van der Waals surface area contributed by atoms with Gasteiger partial charge in [-0.2, -0.15) is 0 Å². The Morgan fingerprint density at radius 2 is 1.86 bits per heavy atom. The lowest BCUT2D eigenvalue weighted by Gasteiger charge is -2.25.